The van der Waals surface area contributed by atoms with E-state index in [0.29, 0.717) is 6.42 Å². The lowest BCUT2D eigenvalue weighted by molar-refractivity contribution is -0.111. The zero-order valence-corrected chi connectivity index (χ0v) is 10.8. The van der Waals surface area contributed by atoms with Crippen molar-refractivity contribution in [2.24, 2.45) is 5.92 Å². The summed E-state index contributed by atoms with van der Waals surface area (Å²) in [5.41, 5.74) is 6.18. The average molecular weight is 254 g/mol. The van der Waals surface area contributed by atoms with Crippen molar-refractivity contribution in [1.29, 1.82) is 0 Å². The molecule has 1 aliphatic carbocycles. The molecule has 1 aliphatic rings. The van der Waals surface area contributed by atoms with Crippen LogP contribution in [0.4, 0.5) is 5.69 Å². The predicted octanol–water partition coefficient (Wildman–Crippen LogP) is 3.99. The highest BCUT2D eigenvalue weighted by Gasteiger charge is 2.15. The van der Waals surface area contributed by atoms with Crippen LogP contribution in [-0.2, 0) is 4.79 Å². The molecule has 1 aromatic rings. The normalized spacial score (nSPS) is 15.1. The molecule has 0 amide bonds. The fourth-order valence-corrected chi connectivity index (χ4v) is 2.18. The monoisotopic (exact) mass is 253 g/mol. The molecule has 3 heteroatoms. The van der Waals surface area contributed by atoms with E-state index in [9.17, 15) is 4.79 Å². The first-order chi connectivity index (χ1) is 8.18. The van der Waals surface area contributed by atoms with Crippen molar-refractivity contribution in [3.8, 4) is 0 Å². The second-order valence-electron chi connectivity index (χ2n) is 4.45. The number of carbonyl (C=O) groups is 1. The molecule has 0 bridgehead atoms. The third-order valence-corrected chi connectivity index (χ3v) is 3.21. The first kappa shape index (κ1) is 14.0. The summed E-state index contributed by atoms with van der Waals surface area (Å²) >= 11 is 5.22. The predicted molar refractivity (Wildman–Crippen MR) is 72.9 cm³/mol. The quantitative estimate of drug-likeness (QED) is 0.654. The lowest BCUT2D eigenvalue weighted by atomic mass is 10.0. The van der Waals surface area contributed by atoms with E-state index in [4.69, 9.17) is 17.3 Å². The molecular weight excluding hydrogens is 234 g/mol. The highest BCUT2D eigenvalue weighted by Crippen LogP contribution is 2.28. The molecule has 1 fully saturated rings. The van der Waals surface area contributed by atoms with Gasteiger partial charge in [-0.2, -0.15) is 0 Å². The maximum Gasteiger partial charge on any atom is 0.221 e. The molecular formula is C14H20ClNO. The topological polar surface area (TPSA) is 43.1 Å². The van der Waals surface area contributed by atoms with Gasteiger partial charge in [0.1, 0.15) is 0 Å². The van der Waals surface area contributed by atoms with Crippen LogP contribution >= 0.6 is 11.6 Å². The largest absolute Gasteiger partial charge is 0.399 e. The summed E-state index contributed by atoms with van der Waals surface area (Å²) in [4.78, 5) is 10.4. The molecule has 2 nitrogen and oxygen atoms in total. The molecule has 1 saturated carbocycles. The van der Waals surface area contributed by atoms with E-state index in [1.165, 1.54) is 25.7 Å². The van der Waals surface area contributed by atoms with Gasteiger partial charge in [-0.25, -0.2) is 0 Å². The second kappa shape index (κ2) is 8.13. The number of para-hydroxylation sites is 1. The van der Waals surface area contributed by atoms with Gasteiger partial charge in [-0.3, -0.25) is 4.79 Å². The van der Waals surface area contributed by atoms with Crippen molar-refractivity contribution < 1.29 is 4.79 Å². The van der Waals surface area contributed by atoms with Gasteiger partial charge < -0.3 is 5.73 Å². The Labute approximate surface area is 108 Å². The van der Waals surface area contributed by atoms with Crippen molar-refractivity contribution >= 4 is 22.5 Å². The minimum absolute atomic E-state index is 0.174. The lowest BCUT2D eigenvalue weighted by Gasteiger charge is -2.04. The third kappa shape index (κ3) is 7.01. The van der Waals surface area contributed by atoms with Crippen molar-refractivity contribution in [3.63, 3.8) is 0 Å². The maximum absolute atomic E-state index is 10.4. The summed E-state index contributed by atoms with van der Waals surface area (Å²) in [5, 5.41) is -0.174. The van der Waals surface area contributed by atoms with E-state index in [0.717, 1.165) is 18.0 Å². The van der Waals surface area contributed by atoms with Crippen molar-refractivity contribution in [2.45, 2.75) is 38.5 Å². The van der Waals surface area contributed by atoms with E-state index < -0.39 is 0 Å². The number of hydrogen-bond donors (Lipinski definition) is 1. The van der Waals surface area contributed by atoms with Crippen LogP contribution in [0.2, 0.25) is 0 Å². The zero-order chi connectivity index (χ0) is 12.5. The van der Waals surface area contributed by atoms with Gasteiger partial charge in [-0.05, 0) is 36.1 Å². The first-order valence-electron chi connectivity index (χ1n) is 6.17. The number of benzene rings is 1. The van der Waals surface area contributed by atoms with Crippen LogP contribution in [0.15, 0.2) is 30.3 Å². The molecule has 0 radical (unpaired) electrons. The Morgan fingerprint density at radius 2 is 1.82 bits per heavy atom. The average Bonchev–Trinajstić information content (AvgIpc) is 2.81. The van der Waals surface area contributed by atoms with Crippen molar-refractivity contribution in [2.75, 3.05) is 5.73 Å². The number of hydrogen-bond acceptors (Lipinski definition) is 2. The van der Waals surface area contributed by atoms with Gasteiger partial charge in [0.25, 0.3) is 0 Å². The minimum Gasteiger partial charge on any atom is -0.399 e. The highest BCUT2D eigenvalue weighted by molar-refractivity contribution is 6.63. The van der Waals surface area contributed by atoms with Gasteiger partial charge in [-0.1, -0.05) is 43.9 Å². The molecule has 2 N–H and O–H groups in total. The molecule has 17 heavy (non-hydrogen) atoms. The number of carbonyl (C=O) groups excluding carboxylic acids is 1. The Morgan fingerprint density at radius 3 is 2.24 bits per heavy atom. The summed E-state index contributed by atoms with van der Waals surface area (Å²) < 4.78 is 0. The molecule has 0 heterocycles. The number of anilines is 1. The molecule has 0 aliphatic heterocycles. The first-order valence-corrected chi connectivity index (χ1v) is 6.55. The van der Waals surface area contributed by atoms with Crippen LogP contribution in [0.3, 0.4) is 0 Å². The standard InChI is InChI=1S/C8H13ClO.C6H7N/c9-8(10)6-5-7-3-1-2-4-7;7-6-4-2-1-3-5-6/h7H,1-6H2;1-5H,7H2. The summed E-state index contributed by atoms with van der Waals surface area (Å²) in [6.45, 7) is 0. The highest BCUT2D eigenvalue weighted by atomic mass is 35.5. The van der Waals surface area contributed by atoms with Crippen LogP contribution in [0.5, 0.6) is 0 Å². The SMILES string of the molecule is Nc1ccccc1.O=C(Cl)CCC1CCCC1. The summed E-state index contributed by atoms with van der Waals surface area (Å²) in [6.07, 6.45) is 6.91. The second-order valence-corrected chi connectivity index (χ2v) is 4.88. The molecule has 2 rings (SSSR count). The van der Waals surface area contributed by atoms with E-state index in [2.05, 4.69) is 0 Å². The van der Waals surface area contributed by atoms with Gasteiger partial charge in [0.15, 0.2) is 0 Å². The Morgan fingerprint density at radius 1 is 1.24 bits per heavy atom. The van der Waals surface area contributed by atoms with E-state index in [-0.39, 0.29) is 5.24 Å². The van der Waals surface area contributed by atoms with Gasteiger partial charge >= 0.3 is 0 Å². The molecule has 0 aromatic heterocycles. The van der Waals surface area contributed by atoms with Crippen LogP contribution < -0.4 is 5.73 Å². The van der Waals surface area contributed by atoms with E-state index in [1.807, 2.05) is 30.3 Å². The van der Waals surface area contributed by atoms with E-state index >= 15 is 0 Å². The molecule has 0 atom stereocenters. The Balaban J connectivity index is 0.000000181. The van der Waals surface area contributed by atoms with Gasteiger partial charge in [-0.15, -0.1) is 0 Å². The van der Waals surface area contributed by atoms with E-state index in [1.54, 1.807) is 0 Å². The molecule has 0 saturated heterocycles. The van der Waals surface area contributed by atoms with Gasteiger partial charge in [0, 0.05) is 12.1 Å². The fraction of sp³-hybridized carbons (Fsp3) is 0.500. The maximum atomic E-state index is 10.4. The van der Waals surface area contributed by atoms with Crippen molar-refractivity contribution in [1.82, 2.24) is 0 Å². The van der Waals surface area contributed by atoms with Crippen LogP contribution in [0.25, 0.3) is 0 Å². The summed E-state index contributed by atoms with van der Waals surface area (Å²) in [7, 11) is 0. The van der Waals surface area contributed by atoms with Gasteiger partial charge in [0.2, 0.25) is 5.24 Å². The Bertz CT molecular complexity index is 320. The number of halogens is 1. The molecule has 0 unspecified atom stereocenters. The Kier molecular flexibility index (Phi) is 6.71. The van der Waals surface area contributed by atoms with Crippen molar-refractivity contribution in [3.05, 3.63) is 30.3 Å². The number of nitrogen functional groups attached to an aromatic ring is 1. The Hall–Kier alpha value is -1.02. The minimum atomic E-state index is -0.174. The summed E-state index contributed by atoms with van der Waals surface area (Å²) in [6, 6.07) is 9.49. The number of rotatable bonds is 3. The molecule has 0 spiro atoms. The smallest absolute Gasteiger partial charge is 0.221 e. The molecule has 94 valence electrons. The van der Waals surface area contributed by atoms with Gasteiger partial charge in [0.05, 0.1) is 0 Å². The molecule has 1 aromatic carbocycles. The van der Waals surface area contributed by atoms with Crippen LogP contribution in [-0.4, -0.2) is 5.24 Å². The zero-order valence-electron chi connectivity index (χ0n) is 10.1. The third-order valence-electron chi connectivity index (χ3n) is 3.02. The van der Waals surface area contributed by atoms with Crippen LogP contribution in [0.1, 0.15) is 38.5 Å². The fourth-order valence-electron chi connectivity index (χ4n) is 2.07. The number of nitrogens with two attached hydrogens (primary N) is 1. The lowest BCUT2D eigenvalue weighted by Crippen LogP contribution is -1.95. The van der Waals surface area contributed by atoms with Crippen LogP contribution in [0, 0.1) is 5.92 Å². The summed E-state index contributed by atoms with van der Waals surface area (Å²) in [5.74, 6) is 0.794.